The van der Waals surface area contributed by atoms with Gasteiger partial charge in [-0.1, -0.05) is 43.2 Å². The third kappa shape index (κ3) is 2.76. The van der Waals surface area contributed by atoms with E-state index in [0.717, 1.165) is 19.0 Å². The molecule has 1 unspecified atom stereocenters. The molecule has 1 aliphatic heterocycles. The van der Waals surface area contributed by atoms with Crippen LogP contribution in [-0.2, 0) is 5.54 Å². The van der Waals surface area contributed by atoms with Gasteiger partial charge in [0.1, 0.15) is 0 Å². The zero-order valence-electron chi connectivity index (χ0n) is 11.4. The van der Waals surface area contributed by atoms with Crippen LogP contribution < -0.4 is 5.32 Å². The van der Waals surface area contributed by atoms with Crippen LogP contribution >= 0.6 is 0 Å². The van der Waals surface area contributed by atoms with E-state index in [0.29, 0.717) is 0 Å². The van der Waals surface area contributed by atoms with Crippen molar-refractivity contribution in [2.45, 2.75) is 31.7 Å². The summed E-state index contributed by atoms with van der Waals surface area (Å²) in [6.07, 6.45) is 4.36. The number of hydrogen-bond acceptors (Lipinski definition) is 2. The van der Waals surface area contributed by atoms with E-state index in [4.69, 9.17) is 0 Å². The predicted octanol–water partition coefficient (Wildman–Crippen LogP) is 2.61. The fraction of sp³-hybridized carbons (Fsp3) is 0.625. The molecule has 1 aromatic carbocycles. The molecule has 1 saturated heterocycles. The van der Waals surface area contributed by atoms with Gasteiger partial charge in [0.2, 0.25) is 0 Å². The summed E-state index contributed by atoms with van der Waals surface area (Å²) >= 11 is 0. The molecule has 1 aliphatic carbocycles. The fourth-order valence-electron chi connectivity index (χ4n) is 3.03. The topological polar surface area (TPSA) is 15.3 Å². The highest BCUT2D eigenvalue weighted by atomic mass is 15.2. The van der Waals surface area contributed by atoms with E-state index in [1.54, 1.807) is 0 Å². The van der Waals surface area contributed by atoms with Crippen LogP contribution in [0.4, 0.5) is 0 Å². The first kappa shape index (κ1) is 12.2. The maximum Gasteiger partial charge on any atom is 0.0535 e. The third-order valence-electron chi connectivity index (χ3n) is 4.44. The van der Waals surface area contributed by atoms with E-state index in [1.165, 1.54) is 37.9 Å². The molecule has 0 bridgehead atoms. The standard InChI is InChI=1S/C16H24N2/c1-16(15-5-3-2-4-6-15)13-18(12-10-17-16)11-9-14-7-8-14/h2-6,14,17H,7-13H2,1H3. The molecule has 2 aliphatic rings. The van der Waals surface area contributed by atoms with E-state index in [1.807, 2.05) is 0 Å². The van der Waals surface area contributed by atoms with Gasteiger partial charge < -0.3 is 5.32 Å². The molecule has 98 valence electrons. The first-order valence-electron chi connectivity index (χ1n) is 7.29. The molecule has 2 nitrogen and oxygen atoms in total. The minimum atomic E-state index is 0.128. The van der Waals surface area contributed by atoms with Crippen LogP contribution in [0.25, 0.3) is 0 Å². The Kier molecular flexibility index (Phi) is 3.40. The Balaban J connectivity index is 1.64. The van der Waals surface area contributed by atoms with Crippen molar-refractivity contribution in [2.75, 3.05) is 26.2 Å². The van der Waals surface area contributed by atoms with Gasteiger partial charge in [0, 0.05) is 19.6 Å². The summed E-state index contributed by atoms with van der Waals surface area (Å²) in [7, 11) is 0. The average Bonchev–Trinajstić information content (AvgIpc) is 3.22. The Morgan fingerprint density at radius 3 is 2.78 bits per heavy atom. The van der Waals surface area contributed by atoms with Gasteiger partial charge in [0.05, 0.1) is 5.54 Å². The van der Waals surface area contributed by atoms with Crippen LogP contribution in [-0.4, -0.2) is 31.1 Å². The van der Waals surface area contributed by atoms with Crippen molar-refractivity contribution in [3.63, 3.8) is 0 Å². The van der Waals surface area contributed by atoms with Gasteiger partial charge in [0.15, 0.2) is 0 Å². The first-order chi connectivity index (χ1) is 8.76. The Morgan fingerprint density at radius 2 is 2.06 bits per heavy atom. The molecular weight excluding hydrogens is 220 g/mol. The van der Waals surface area contributed by atoms with E-state index in [2.05, 4.69) is 47.5 Å². The highest BCUT2D eigenvalue weighted by Gasteiger charge is 2.32. The summed E-state index contributed by atoms with van der Waals surface area (Å²) in [4.78, 5) is 2.64. The maximum absolute atomic E-state index is 3.70. The van der Waals surface area contributed by atoms with Gasteiger partial charge in [0.25, 0.3) is 0 Å². The quantitative estimate of drug-likeness (QED) is 0.876. The van der Waals surface area contributed by atoms with Crippen molar-refractivity contribution in [3.8, 4) is 0 Å². The largest absolute Gasteiger partial charge is 0.305 e. The van der Waals surface area contributed by atoms with Crippen molar-refractivity contribution >= 4 is 0 Å². The third-order valence-corrected chi connectivity index (χ3v) is 4.44. The van der Waals surface area contributed by atoms with E-state index < -0.39 is 0 Å². The number of benzene rings is 1. The number of hydrogen-bond donors (Lipinski definition) is 1. The van der Waals surface area contributed by atoms with E-state index in [9.17, 15) is 0 Å². The van der Waals surface area contributed by atoms with Gasteiger partial charge in [-0.25, -0.2) is 0 Å². The molecule has 3 rings (SSSR count). The van der Waals surface area contributed by atoms with Crippen LogP contribution in [0.2, 0.25) is 0 Å². The summed E-state index contributed by atoms with van der Waals surface area (Å²) < 4.78 is 0. The first-order valence-corrected chi connectivity index (χ1v) is 7.29. The number of rotatable bonds is 4. The summed E-state index contributed by atoms with van der Waals surface area (Å²) in [5.41, 5.74) is 1.55. The number of nitrogens with one attached hydrogen (secondary N) is 1. The Labute approximate surface area is 110 Å². The molecule has 1 aromatic rings. The molecule has 0 aromatic heterocycles. The predicted molar refractivity (Wildman–Crippen MR) is 75.6 cm³/mol. The molecule has 2 heteroatoms. The molecule has 18 heavy (non-hydrogen) atoms. The summed E-state index contributed by atoms with van der Waals surface area (Å²) in [6.45, 7) is 7.08. The van der Waals surface area contributed by atoms with Crippen molar-refractivity contribution < 1.29 is 0 Å². The Bertz CT molecular complexity index is 385. The monoisotopic (exact) mass is 244 g/mol. The second kappa shape index (κ2) is 5.02. The fourth-order valence-corrected chi connectivity index (χ4v) is 3.03. The van der Waals surface area contributed by atoms with Crippen molar-refractivity contribution in [3.05, 3.63) is 35.9 Å². The van der Waals surface area contributed by atoms with Gasteiger partial charge >= 0.3 is 0 Å². The van der Waals surface area contributed by atoms with E-state index >= 15 is 0 Å². The number of nitrogens with zero attached hydrogens (tertiary/aromatic N) is 1. The molecule has 2 fully saturated rings. The summed E-state index contributed by atoms with van der Waals surface area (Å²) in [5.74, 6) is 1.04. The molecule has 1 atom stereocenters. The highest BCUT2D eigenvalue weighted by molar-refractivity contribution is 5.24. The minimum absolute atomic E-state index is 0.128. The van der Waals surface area contributed by atoms with Gasteiger partial charge in [-0.3, -0.25) is 4.90 Å². The number of piperazine rings is 1. The maximum atomic E-state index is 3.70. The lowest BCUT2D eigenvalue weighted by molar-refractivity contribution is 0.140. The lowest BCUT2D eigenvalue weighted by Crippen LogP contribution is -2.56. The Morgan fingerprint density at radius 1 is 1.28 bits per heavy atom. The molecular formula is C16H24N2. The SMILES string of the molecule is CC1(c2ccccc2)CN(CCC2CC2)CCN1. The van der Waals surface area contributed by atoms with Crippen LogP contribution in [0.1, 0.15) is 31.7 Å². The second-order valence-corrected chi connectivity index (χ2v) is 6.13. The lowest BCUT2D eigenvalue weighted by Gasteiger charge is -2.42. The van der Waals surface area contributed by atoms with Crippen LogP contribution in [0, 0.1) is 5.92 Å². The molecule has 1 heterocycles. The molecule has 0 radical (unpaired) electrons. The van der Waals surface area contributed by atoms with Gasteiger partial charge in [-0.05, 0) is 31.4 Å². The zero-order valence-corrected chi connectivity index (χ0v) is 11.4. The zero-order chi connectivity index (χ0) is 12.4. The van der Waals surface area contributed by atoms with Crippen LogP contribution in [0.3, 0.4) is 0 Å². The molecule has 0 amide bonds. The summed E-state index contributed by atoms with van der Waals surface area (Å²) in [6, 6.07) is 10.9. The average molecular weight is 244 g/mol. The molecule has 0 spiro atoms. The van der Waals surface area contributed by atoms with Gasteiger partial charge in [-0.2, -0.15) is 0 Å². The van der Waals surface area contributed by atoms with Crippen LogP contribution in [0.15, 0.2) is 30.3 Å². The van der Waals surface area contributed by atoms with Gasteiger partial charge in [-0.15, -0.1) is 0 Å². The normalized spacial score (nSPS) is 29.4. The minimum Gasteiger partial charge on any atom is -0.305 e. The molecule has 1 saturated carbocycles. The van der Waals surface area contributed by atoms with Crippen LogP contribution in [0.5, 0.6) is 0 Å². The van der Waals surface area contributed by atoms with E-state index in [-0.39, 0.29) is 5.54 Å². The Hall–Kier alpha value is -0.860. The van der Waals surface area contributed by atoms with Crippen molar-refractivity contribution in [1.29, 1.82) is 0 Å². The van der Waals surface area contributed by atoms with Crippen molar-refractivity contribution in [1.82, 2.24) is 10.2 Å². The summed E-state index contributed by atoms with van der Waals surface area (Å²) in [5, 5.41) is 3.70. The molecule has 1 N–H and O–H groups in total. The highest BCUT2D eigenvalue weighted by Crippen LogP contribution is 2.33. The lowest BCUT2D eigenvalue weighted by atomic mass is 9.89. The second-order valence-electron chi connectivity index (χ2n) is 6.13. The smallest absolute Gasteiger partial charge is 0.0535 e. The van der Waals surface area contributed by atoms with Crippen molar-refractivity contribution in [2.24, 2.45) is 5.92 Å².